The van der Waals surface area contributed by atoms with E-state index >= 15 is 0 Å². The number of aromatic nitrogens is 3. The molecule has 2 aromatic rings. The first-order valence-corrected chi connectivity index (χ1v) is 6.17. The third-order valence-corrected chi connectivity index (χ3v) is 2.95. The lowest BCUT2D eigenvalue weighted by atomic mass is 10.1. The minimum Gasteiger partial charge on any atom is -0.493 e. The Bertz CT molecular complexity index is 675. The highest BCUT2D eigenvalue weighted by Gasteiger charge is 2.16. The van der Waals surface area contributed by atoms with Crippen molar-refractivity contribution in [3.63, 3.8) is 0 Å². The van der Waals surface area contributed by atoms with Crippen LogP contribution in [0.4, 0.5) is 0 Å². The first-order chi connectivity index (χ1) is 8.90. The molecule has 2 rings (SSSR count). The fourth-order valence-corrected chi connectivity index (χ4v) is 2.07. The number of pyridine rings is 1. The highest BCUT2D eigenvalue weighted by Crippen LogP contribution is 2.23. The predicted octanol–water partition coefficient (Wildman–Crippen LogP) is 2.28. The van der Waals surface area contributed by atoms with Gasteiger partial charge in [0.1, 0.15) is 5.69 Å². The number of aromatic hydroxyl groups is 1. The van der Waals surface area contributed by atoms with Gasteiger partial charge >= 0.3 is 0 Å². The molecule has 0 saturated heterocycles. The first-order valence-electron chi connectivity index (χ1n) is 6.17. The van der Waals surface area contributed by atoms with Gasteiger partial charge < -0.3 is 10.1 Å². The summed E-state index contributed by atoms with van der Waals surface area (Å²) in [6, 6.07) is 1.95. The molecule has 0 radical (unpaired) electrons. The third-order valence-electron chi connectivity index (χ3n) is 2.95. The average molecular weight is 259 g/mol. The van der Waals surface area contributed by atoms with Crippen molar-refractivity contribution in [2.45, 2.75) is 33.6 Å². The van der Waals surface area contributed by atoms with Gasteiger partial charge in [-0.15, -0.1) is 0 Å². The molecule has 2 N–H and O–H groups in total. The Hall–Kier alpha value is -2.17. The van der Waals surface area contributed by atoms with Gasteiger partial charge in [-0.05, 0) is 30.9 Å². The number of rotatable bonds is 2. The zero-order valence-electron chi connectivity index (χ0n) is 11.5. The van der Waals surface area contributed by atoms with Crippen LogP contribution in [0.3, 0.4) is 0 Å². The maximum atomic E-state index is 12.0. The Labute approximate surface area is 111 Å². The van der Waals surface area contributed by atoms with Gasteiger partial charge in [0, 0.05) is 6.20 Å². The molecule has 0 unspecified atom stereocenters. The van der Waals surface area contributed by atoms with Crippen molar-refractivity contribution in [2.75, 3.05) is 0 Å². The fraction of sp³-hybridized carbons (Fsp3) is 0.357. The van der Waals surface area contributed by atoms with E-state index in [0.29, 0.717) is 17.1 Å². The van der Waals surface area contributed by atoms with Crippen molar-refractivity contribution >= 4 is 0 Å². The number of hydrogen-bond donors (Lipinski definition) is 2. The molecule has 0 bridgehead atoms. The number of nitrogens with one attached hydrogen (secondary N) is 1. The number of hydrogen-bond acceptors (Lipinski definition) is 4. The SMILES string of the molecule is Cc1cnc(-c2nc(O)c(C(C)C)c(=O)[nH]2)c(C)c1. The zero-order chi connectivity index (χ0) is 14.2. The monoisotopic (exact) mass is 259 g/mol. The van der Waals surface area contributed by atoms with E-state index in [9.17, 15) is 9.90 Å². The van der Waals surface area contributed by atoms with Crippen LogP contribution in [0.15, 0.2) is 17.1 Å². The Morgan fingerprint density at radius 3 is 2.53 bits per heavy atom. The van der Waals surface area contributed by atoms with Crippen molar-refractivity contribution in [1.82, 2.24) is 15.0 Å². The smallest absolute Gasteiger partial charge is 0.258 e. The lowest BCUT2D eigenvalue weighted by molar-refractivity contribution is 0.440. The lowest BCUT2D eigenvalue weighted by Gasteiger charge is -2.09. The Morgan fingerprint density at radius 2 is 2.00 bits per heavy atom. The molecule has 0 saturated carbocycles. The molecule has 5 nitrogen and oxygen atoms in total. The zero-order valence-corrected chi connectivity index (χ0v) is 11.5. The molecule has 0 aliphatic heterocycles. The molecule has 0 fully saturated rings. The second-order valence-corrected chi connectivity index (χ2v) is 4.98. The molecule has 19 heavy (non-hydrogen) atoms. The van der Waals surface area contributed by atoms with E-state index in [0.717, 1.165) is 11.1 Å². The minimum atomic E-state index is -0.320. The number of H-pyrrole nitrogens is 1. The van der Waals surface area contributed by atoms with Crippen LogP contribution in [0.5, 0.6) is 5.88 Å². The van der Waals surface area contributed by atoms with Gasteiger partial charge in [-0.3, -0.25) is 9.78 Å². The van der Waals surface area contributed by atoms with Crippen molar-refractivity contribution < 1.29 is 5.11 Å². The van der Waals surface area contributed by atoms with Gasteiger partial charge in [0.15, 0.2) is 5.82 Å². The summed E-state index contributed by atoms with van der Waals surface area (Å²) in [6.45, 7) is 7.50. The first kappa shape index (κ1) is 13.3. The molecule has 100 valence electrons. The molecule has 5 heteroatoms. The molecule has 0 amide bonds. The van der Waals surface area contributed by atoms with E-state index in [-0.39, 0.29) is 17.4 Å². The van der Waals surface area contributed by atoms with E-state index in [2.05, 4.69) is 15.0 Å². The van der Waals surface area contributed by atoms with E-state index < -0.39 is 0 Å². The molecule has 0 spiro atoms. The second-order valence-electron chi connectivity index (χ2n) is 4.98. The predicted molar refractivity (Wildman–Crippen MR) is 73.3 cm³/mol. The number of aromatic amines is 1. The summed E-state index contributed by atoms with van der Waals surface area (Å²) in [5.74, 6) is -0.0164. The summed E-state index contributed by atoms with van der Waals surface area (Å²) in [5, 5.41) is 9.89. The highest BCUT2D eigenvalue weighted by molar-refractivity contribution is 5.55. The van der Waals surface area contributed by atoms with E-state index in [1.165, 1.54) is 0 Å². The minimum absolute atomic E-state index is 0.0858. The van der Waals surface area contributed by atoms with Gasteiger partial charge in [0.2, 0.25) is 5.88 Å². The van der Waals surface area contributed by atoms with Gasteiger partial charge in [-0.1, -0.05) is 19.9 Å². The summed E-state index contributed by atoms with van der Waals surface area (Å²) >= 11 is 0. The molecular weight excluding hydrogens is 242 g/mol. The molecular formula is C14H17N3O2. The molecule has 0 aliphatic carbocycles. The maximum Gasteiger partial charge on any atom is 0.258 e. The summed E-state index contributed by atoms with van der Waals surface area (Å²) in [4.78, 5) is 23.0. The summed E-state index contributed by atoms with van der Waals surface area (Å²) in [5.41, 5.74) is 2.49. The Kier molecular flexibility index (Phi) is 3.38. The summed E-state index contributed by atoms with van der Waals surface area (Å²) < 4.78 is 0. The molecule has 2 heterocycles. The number of aryl methyl sites for hydroxylation is 2. The Morgan fingerprint density at radius 1 is 1.32 bits per heavy atom. The van der Waals surface area contributed by atoms with Crippen LogP contribution in [0.2, 0.25) is 0 Å². The van der Waals surface area contributed by atoms with Crippen molar-refractivity contribution in [2.24, 2.45) is 0 Å². The van der Waals surface area contributed by atoms with Crippen molar-refractivity contribution in [3.05, 3.63) is 39.3 Å². The van der Waals surface area contributed by atoms with Crippen LogP contribution < -0.4 is 5.56 Å². The standard InChI is InChI=1S/C14H17N3O2/c1-7(2)10-13(18)16-12(17-14(10)19)11-9(4)5-8(3)6-15-11/h5-7H,1-4H3,(H2,16,17,18,19). The topological polar surface area (TPSA) is 78.9 Å². The van der Waals surface area contributed by atoms with E-state index in [1.807, 2.05) is 33.8 Å². The van der Waals surface area contributed by atoms with Crippen LogP contribution in [0.1, 0.15) is 36.5 Å². The largest absolute Gasteiger partial charge is 0.493 e. The molecule has 2 aromatic heterocycles. The fourth-order valence-electron chi connectivity index (χ4n) is 2.07. The third kappa shape index (κ3) is 2.50. The number of nitrogens with zero attached hydrogens (tertiary/aromatic N) is 2. The van der Waals surface area contributed by atoms with Crippen LogP contribution in [-0.4, -0.2) is 20.1 Å². The van der Waals surface area contributed by atoms with Gasteiger partial charge in [-0.25, -0.2) is 0 Å². The van der Waals surface area contributed by atoms with Gasteiger partial charge in [0.05, 0.1) is 5.56 Å². The van der Waals surface area contributed by atoms with Gasteiger partial charge in [0.25, 0.3) is 5.56 Å². The van der Waals surface area contributed by atoms with E-state index in [1.54, 1.807) is 6.20 Å². The van der Waals surface area contributed by atoms with Crippen molar-refractivity contribution in [3.8, 4) is 17.4 Å². The second kappa shape index (κ2) is 4.84. The normalized spacial score (nSPS) is 11.0. The van der Waals surface area contributed by atoms with E-state index in [4.69, 9.17) is 0 Å². The van der Waals surface area contributed by atoms with Crippen LogP contribution in [-0.2, 0) is 0 Å². The molecule has 0 aliphatic rings. The average Bonchev–Trinajstić information content (AvgIpc) is 2.26. The highest BCUT2D eigenvalue weighted by atomic mass is 16.3. The van der Waals surface area contributed by atoms with Crippen LogP contribution >= 0.6 is 0 Å². The summed E-state index contributed by atoms with van der Waals surface area (Å²) in [7, 11) is 0. The van der Waals surface area contributed by atoms with Crippen molar-refractivity contribution in [1.29, 1.82) is 0 Å². The summed E-state index contributed by atoms with van der Waals surface area (Å²) in [6.07, 6.45) is 1.70. The van der Waals surface area contributed by atoms with Crippen LogP contribution in [0.25, 0.3) is 11.5 Å². The van der Waals surface area contributed by atoms with Crippen LogP contribution in [0, 0.1) is 13.8 Å². The quantitative estimate of drug-likeness (QED) is 0.867. The molecule has 0 aromatic carbocycles. The van der Waals surface area contributed by atoms with Gasteiger partial charge in [-0.2, -0.15) is 4.98 Å². The maximum absolute atomic E-state index is 12.0. The lowest BCUT2D eigenvalue weighted by Crippen LogP contribution is -2.16. The Balaban J connectivity index is 2.62. The molecule has 0 atom stereocenters.